The monoisotopic (exact) mass is 154 g/mol. The Kier molecular flexibility index (Phi) is 2.44. The SMILES string of the molecule is C1CNC(CCC2CC2)CN1. The lowest BCUT2D eigenvalue weighted by atomic mass is 10.1. The molecule has 64 valence electrons. The first-order valence-electron chi connectivity index (χ1n) is 4.89. The van der Waals surface area contributed by atoms with Crippen LogP contribution in [0.2, 0.25) is 0 Å². The van der Waals surface area contributed by atoms with Gasteiger partial charge in [-0.15, -0.1) is 0 Å². The quantitative estimate of drug-likeness (QED) is 0.626. The minimum absolute atomic E-state index is 0.768. The number of hydrogen-bond acceptors (Lipinski definition) is 2. The van der Waals surface area contributed by atoms with Crippen molar-refractivity contribution in [3.8, 4) is 0 Å². The Bertz CT molecular complexity index is 115. The highest BCUT2D eigenvalue weighted by Gasteiger charge is 2.22. The van der Waals surface area contributed by atoms with Gasteiger partial charge in [-0.2, -0.15) is 0 Å². The van der Waals surface area contributed by atoms with Crippen molar-refractivity contribution in [1.29, 1.82) is 0 Å². The number of rotatable bonds is 3. The lowest BCUT2D eigenvalue weighted by molar-refractivity contribution is 0.386. The molecule has 11 heavy (non-hydrogen) atoms. The van der Waals surface area contributed by atoms with Gasteiger partial charge in [-0.1, -0.05) is 12.8 Å². The van der Waals surface area contributed by atoms with E-state index in [-0.39, 0.29) is 0 Å². The van der Waals surface area contributed by atoms with Gasteiger partial charge in [0.15, 0.2) is 0 Å². The van der Waals surface area contributed by atoms with Crippen molar-refractivity contribution in [2.24, 2.45) is 5.92 Å². The summed E-state index contributed by atoms with van der Waals surface area (Å²) < 4.78 is 0. The largest absolute Gasteiger partial charge is 0.314 e. The molecule has 0 aromatic carbocycles. The Morgan fingerprint density at radius 2 is 2.00 bits per heavy atom. The van der Waals surface area contributed by atoms with Crippen molar-refractivity contribution in [1.82, 2.24) is 10.6 Å². The summed E-state index contributed by atoms with van der Waals surface area (Å²) in [5, 5.41) is 6.96. The van der Waals surface area contributed by atoms with E-state index in [2.05, 4.69) is 10.6 Å². The van der Waals surface area contributed by atoms with Crippen molar-refractivity contribution in [3.05, 3.63) is 0 Å². The predicted molar refractivity (Wildman–Crippen MR) is 46.6 cm³/mol. The van der Waals surface area contributed by atoms with E-state index in [9.17, 15) is 0 Å². The molecule has 1 aliphatic heterocycles. The highest BCUT2D eigenvalue weighted by molar-refractivity contribution is 4.80. The molecule has 0 spiro atoms. The van der Waals surface area contributed by atoms with Crippen LogP contribution >= 0.6 is 0 Å². The van der Waals surface area contributed by atoms with Crippen LogP contribution in [0.25, 0.3) is 0 Å². The Hall–Kier alpha value is -0.0800. The van der Waals surface area contributed by atoms with Crippen LogP contribution in [-0.4, -0.2) is 25.7 Å². The molecule has 0 bridgehead atoms. The molecule has 2 rings (SSSR count). The molecule has 0 radical (unpaired) electrons. The molecule has 0 amide bonds. The molecule has 1 heterocycles. The second kappa shape index (κ2) is 3.55. The zero-order valence-corrected chi connectivity index (χ0v) is 7.10. The van der Waals surface area contributed by atoms with E-state index >= 15 is 0 Å². The van der Waals surface area contributed by atoms with Crippen LogP contribution in [0.5, 0.6) is 0 Å². The third kappa shape index (κ3) is 2.46. The van der Waals surface area contributed by atoms with E-state index in [1.54, 1.807) is 0 Å². The number of nitrogens with one attached hydrogen (secondary N) is 2. The third-order valence-corrected chi connectivity index (χ3v) is 2.75. The molecule has 2 nitrogen and oxygen atoms in total. The van der Waals surface area contributed by atoms with Crippen molar-refractivity contribution in [2.75, 3.05) is 19.6 Å². The molecule has 0 aromatic heterocycles. The van der Waals surface area contributed by atoms with Crippen LogP contribution in [0, 0.1) is 5.92 Å². The van der Waals surface area contributed by atoms with Gasteiger partial charge in [0.2, 0.25) is 0 Å². The zero-order chi connectivity index (χ0) is 7.52. The lowest BCUT2D eigenvalue weighted by Crippen LogP contribution is -2.48. The summed E-state index contributed by atoms with van der Waals surface area (Å²) in [6, 6.07) is 0.768. The lowest BCUT2D eigenvalue weighted by Gasteiger charge is -2.24. The molecule has 1 unspecified atom stereocenters. The molecular formula is C9H18N2. The van der Waals surface area contributed by atoms with E-state index in [1.807, 2.05) is 0 Å². The van der Waals surface area contributed by atoms with Crippen LogP contribution in [0.15, 0.2) is 0 Å². The van der Waals surface area contributed by atoms with Gasteiger partial charge in [0.25, 0.3) is 0 Å². The first-order chi connectivity index (χ1) is 5.45. The first kappa shape index (κ1) is 7.56. The molecule has 1 saturated heterocycles. The van der Waals surface area contributed by atoms with Gasteiger partial charge >= 0.3 is 0 Å². The average Bonchev–Trinajstić information content (AvgIpc) is 2.86. The van der Waals surface area contributed by atoms with E-state index in [0.717, 1.165) is 25.0 Å². The highest BCUT2D eigenvalue weighted by Crippen LogP contribution is 2.33. The average molecular weight is 154 g/mol. The summed E-state index contributed by atoms with van der Waals surface area (Å²) in [4.78, 5) is 0. The van der Waals surface area contributed by atoms with E-state index in [4.69, 9.17) is 0 Å². The van der Waals surface area contributed by atoms with Gasteiger partial charge in [-0.25, -0.2) is 0 Å². The predicted octanol–water partition coefficient (Wildman–Crippen LogP) is 0.738. The maximum absolute atomic E-state index is 3.54. The van der Waals surface area contributed by atoms with E-state index in [1.165, 1.54) is 32.2 Å². The Morgan fingerprint density at radius 1 is 1.09 bits per heavy atom. The van der Waals surface area contributed by atoms with E-state index in [0.29, 0.717) is 0 Å². The van der Waals surface area contributed by atoms with Gasteiger partial charge in [-0.3, -0.25) is 0 Å². The van der Waals surface area contributed by atoms with Crippen molar-refractivity contribution in [2.45, 2.75) is 31.7 Å². The second-order valence-corrected chi connectivity index (χ2v) is 3.88. The van der Waals surface area contributed by atoms with Gasteiger partial charge in [0, 0.05) is 25.7 Å². The molecule has 2 aliphatic rings. The summed E-state index contributed by atoms with van der Waals surface area (Å²) in [5.74, 6) is 1.10. The van der Waals surface area contributed by atoms with Gasteiger partial charge < -0.3 is 10.6 Å². The third-order valence-electron chi connectivity index (χ3n) is 2.75. The minimum atomic E-state index is 0.768. The maximum Gasteiger partial charge on any atom is 0.0193 e. The van der Waals surface area contributed by atoms with Crippen molar-refractivity contribution < 1.29 is 0 Å². The Labute approximate surface area is 68.7 Å². The van der Waals surface area contributed by atoms with E-state index < -0.39 is 0 Å². The van der Waals surface area contributed by atoms with Crippen LogP contribution in [0.4, 0.5) is 0 Å². The van der Waals surface area contributed by atoms with Gasteiger partial charge in [0.1, 0.15) is 0 Å². The topological polar surface area (TPSA) is 24.1 Å². The molecule has 2 N–H and O–H groups in total. The Balaban J connectivity index is 1.59. The maximum atomic E-state index is 3.54. The van der Waals surface area contributed by atoms with Gasteiger partial charge in [-0.05, 0) is 18.8 Å². The smallest absolute Gasteiger partial charge is 0.0193 e. The summed E-state index contributed by atoms with van der Waals surface area (Å²) in [7, 11) is 0. The molecule has 2 fully saturated rings. The standard InChI is InChI=1S/C9H18N2/c1-2-8(1)3-4-9-7-10-5-6-11-9/h8-11H,1-7H2. The second-order valence-electron chi connectivity index (χ2n) is 3.88. The molecule has 1 aliphatic carbocycles. The molecule has 1 saturated carbocycles. The van der Waals surface area contributed by atoms with Crippen LogP contribution < -0.4 is 10.6 Å². The van der Waals surface area contributed by atoms with Crippen molar-refractivity contribution >= 4 is 0 Å². The molecule has 2 heteroatoms. The number of hydrogen-bond donors (Lipinski definition) is 2. The normalized spacial score (nSPS) is 32.2. The highest BCUT2D eigenvalue weighted by atomic mass is 15.0. The molecule has 0 aromatic rings. The fourth-order valence-corrected chi connectivity index (χ4v) is 1.76. The van der Waals surface area contributed by atoms with Gasteiger partial charge in [0.05, 0.1) is 0 Å². The first-order valence-corrected chi connectivity index (χ1v) is 4.89. The summed E-state index contributed by atoms with van der Waals surface area (Å²) >= 11 is 0. The molecule has 1 atom stereocenters. The van der Waals surface area contributed by atoms with Crippen LogP contribution in [0.3, 0.4) is 0 Å². The van der Waals surface area contributed by atoms with Crippen LogP contribution in [0.1, 0.15) is 25.7 Å². The zero-order valence-electron chi connectivity index (χ0n) is 7.10. The minimum Gasteiger partial charge on any atom is -0.314 e. The van der Waals surface area contributed by atoms with Crippen molar-refractivity contribution in [3.63, 3.8) is 0 Å². The summed E-state index contributed by atoms with van der Waals surface area (Å²) in [6.07, 6.45) is 5.84. The number of piperazine rings is 1. The fourth-order valence-electron chi connectivity index (χ4n) is 1.76. The summed E-state index contributed by atoms with van der Waals surface area (Å²) in [6.45, 7) is 3.50. The Morgan fingerprint density at radius 3 is 2.64 bits per heavy atom. The van der Waals surface area contributed by atoms with Crippen LogP contribution in [-0.2, 0) is 0 Å². The fraction of sp³-hybridized carbons (Fsp3) is 1.00. The summed E-state index contributed by atoms with van der Waals surface area (Å²) in [5.41, 5.74) is 0. The molecular weight excluding hydrogens is 136 g/mol.